The summed E-state index contributed by atoms with van der Waals surface area (Å²) in [6, 6.07) is 11.1. The largest absolute Gasteiger partial charge is 0.497 e. The first-order chi connectivity index (χ1) is 16.7. The maximum absolute atomic E-state index is 12.9. The van der Waals surface area contributed by atoms with Crippen LogP contribution in [0.2, 0.25) is 0 Å². The fourth-order valence-corrected chi connectivity index (χ4v) is 3.51. The van der Waals surface area contributed by atoms with Gasteiger partial charge in [-0.15, -0.1) is 0 Å². The van der Waals surface area contributed by atoms with Crippen molar-refractivity contribution < 1.29 is 43.5 Å². The Labute approximate surface area is 203 Å². The van der Waals surface area contributed by atoms with Crippen molar-refractivity contribution >= 4 is 17.8 Å². The maximum atomic E-state index is 12.9. The van der Waals surface area contributed by atoms with Crippen molar-refractivity contribution in [2.75, 3.05) is 54.6 Å². The molecule has 0 spiro atoms. The van der Waals surface area contributed by atoms with E-state index in [0.717, 1.165) is 36.7 Å². The first-order valence-electron chi connectivity index (χ1n) is 10.6. The van der Waals surface area contributed by atoms with Crippen molar-refractivity contribution in [3.05, 3.63) is 47.5 Å². The van der Waals surface area contributed by atoms with Gasteiger partial charge < -0.3 is 34.1 Å². The summed E-state index contributed by atoms with van der Waals surface area (Å²) in [5.41, 5.74) is 1.68. The van der Waals surface area contributed by atoms with E-state index in [1.807, 2.05) is 23.1 Å². The lowest BCUT2D eigenvalue weighted by Gasteiger charge is -2.35. The number of rotatable bonds is 7. The zero-order valence-corrected chi connectivity index (χ0v) is 20.1. The molecule has 3 rings (SSSR count). The number of ether oxygens (including phenoxy) is 4. The Balaban J connectivity index is 0.000000641. The number of hydrogen-bond acceptors (Lipinski definition) is 8. The number of hydrogen-bond donors (Lipinski definition) is 2. The van der Waals surface area contributed by atoms with Gasteiger partial charge in [0.25, 0.3) is 5.91 Å². The molecule has 0 saturated carbocycles. The van der Waals surface area contributed by atoms with Crippen LogP contribution in [0.1, 0.15) is 15.9 Å². The van der Waals surface area contributed by atoms with Crippen LogP contribution in [0.15, 0.2) is 36.4 Å². The number of benzene rings is 2. The molecule has 0 aliphatic carbocycles. The lowest BCUT2D eigenvalue weighted by molar-refractivity contribution is -0.159. The van der Waals surface area contributed by atoms with Crippen molar-refractivity contribution in [1.82, 2.24) is 9.80 Å². The van der Waals surface area contributed by atoms with Gasteiger partial charge in [-0.25, -0.2) is 9.59 Å². The second-order valence-corrected chi connectivity index (χ2v) is 7.43. The summed E-state index contributed by atoms with van der Waals surface area (Å²) in [4.78, 5) is 35.3. The third-order valence-corrected chi connectivity index (χ3v) is 5.35. The van der Waals surface area contributed by atoms with E-state index in [1.165, 1.54) is 0 Å². The second kappa shape index (κ2) is 13.0. The maximum Gasteiger partial charge on any atom is 0.414 e. The summed E-state index contributed by atoms with van der Waals surface area (Å²) in [6.07, 6.45) is 0. The molecule has 0 atom stereocenters. The Morgan fingerprint density at radius 2 is 1.31 bits per heavy atom. The number of amides is 1. The zero-order valence-electron chi connectivity index (χ0n) is 20.1. The van der Waals surface area contributed by atoms with Gasteiger partial charge in [0.1, 0.15) is 11.5 Å². The van der Waals surface area contributed by atoms with Gasteiger partial charge in [0.15, 0.2) is 11.5 Å². The van der Waals surface area contributed by atoms with Crippen LogP contribution in [-0.2, 0) is 16.1 Å². The number of carboxylic acid groups (broad SMARTS) is 2. The average molecular weight is 491 g/mol. The molecule has 1 aliphatic heterocycles. The molecular formula is C24H30N2O9. The number of carbonyl (C=O) groups excluding carboxylic acids is 1. The Morgan fingerprint density at radius 1 is 0.743 bits per heavy atom. The van der Waals surface area contributed by atoms with Crippen molar-refractivity contribution in [3.63, 3.8) is 0 Å². The highest BCUT2D eigenvalue weighted by molar-refractivity contribution is 6.27. The average Bonchev–Trinajstić information content (AvgIpc) is 2.88. The molecule has 0 bridgehead atoms. The number of methoxy groups -OCH3 is 4. The van der Waals surface area contributed by atoms with Gasteiger partial charge in [0.05, 0.1) is 28.4 Å². The minimum absolute atomic E-state index is 0.00423. The molecule has 1 amide bonds. The molecule has 2 N–H and O–H groups in total. The van der Waals surface area contributed by atoms with Crippen LogP contribution in [0.25, 0.3) is 0 Å². The normalized spacial score (nSPS) is 13.2. The smallest absolute Gasteiger partial charge is 0.414 e. The standard InChI is InChI=1S/C22H28N2O5.C2H2O4/c1-26-18-6-8-19(27-2)17(13-18)15-23-9-11-24(12-10-23)22(25)16-5-7-20(28-3)21(14-16)29-4;3-1(4)2(5)6/h5-8,13-14H,9-12,15H2,1-4H3;(H,3,4)(H,5,6). The van der Waals surface area contributed by atoms with Gasteiger partial charge in [0, 0.05) is 43.9 Å². The van der Waals surface area contributed by atoms with Crippen LogP contribution in [0, 0.1) is 0 Å². The van der Waals surface area contributed by atoms with E-state index in [0.29, 0.717) is 30.2 Å². The van der Waals surface area contributed by atoms with Gasteiger partial charge in [0.2, 0.25) is 0 Å². The van der Waals surface area contributed by atoms with Gasteiger partial charge in [-0.2, -0.15) is 0 Å². The first kappa shape index (κ1) is 27.3. The van der Waals surface area contributed by atoms with Crippen LogP contribution in [-0.4, -0.2) is 92.5 Å². The highest BCUT2D eigenvalue weighted by Crippen LogP contribution is 2.29. The molecule has 1 heterocycles. The fraction of sp³-hybridized carbons (Fsp3) is 0.375. The van der Waals surface area contributed by atoms with Crippen molar-refractivity contribution in [3.8, 4) is 23.0 Å². The molecule has 11 nitrogen and oxygen atoms in total. The number of carbonyl (C=O) groups is 3. The molecule has 190 valence electrons. The molecule has 11 heteroatoms. The molecule has 1 saturated heterocycles. The highest BCUT2D eigenvalue weighted by atomic mass is 16.5. The van der Waals surface area contributed by atoms with Gasteiger partial charge >= 0.3 is 11.9 Å². The minimum atomic E-state index is -1.82. The van der Waals surface area contributed by atoms with Crippen LogP contribution >= 0.6 is 0 Å². The molecule has 1 aliphatic rings. The van der Waals surface area contributed by atoms with E-state index in [9.17, 15) is 4.79 Å². The summed E-state index contributed by atoms with van der Waals surface area (Å²) in [7, 11) is 6.47. The Kier molecular flexibility index (Phi) is 10.2. The van der Waals surface area contributed by atoms with Crippen molar-refractivity contribution in [1.29, 1.82) is 0 Å². The molecule has 35 heavy (non-hydrogen) atoms. The molecule has 0 radical (unpaired) electrons. The predicted octanol–water partition coefficient (Wildman–Crippen LogP) is 1.83. The van der Waals surface area contributed by atoms with Crippen LogP contribution in [0.4, 0.5) is 0 Å². The van der Waals surface area contributed by atoms with E-state index in [4.69, 9.17) is 38.7 Å². The third-order valence-electron chi connectivity index (χ3n) is 5.35. The minimum Gasteiger partial charge on any atom is -0.497 e. The Bertz CT molecular complexity index is 1020. The van der Waals surface area contributed by atoms with Crippen LogP contribution in [0.5, 0.6) is 23.0 Å². The van der Waals surface area contributed by atoms with Gasteiger partial charge in [-0.1, -0.05) is 0 Å². The first-order valence-corrected chi connectivity index (χ1v) is 10.6. The summed E-state index contributed by atoms with van der Waals surface area (Å²) in [6.45, 7) is 3.66. The lowest BCUT2D eigenvalue weighted by atomic mass is 10.1. The fourth-order valence-electron chi connectivity index (χ4n) is 3.51. The SMILES string of the molecule is COc1ccc(OC)c(CN2CCN(C(=O)c3ccc(OC)c(OC)c3)CC2)c1.O=C(O)C(=O)O. The van der Waals surface area contributed by atoms with Crippen LogP contribution in [0.3, 0.4) is 0 Å². The Hall–Kier alpha value is -3.99. The molecule has 0 unspecified atom stereocenters. The number of nitrogens with zero attached hydrogens (tertiary/aromatic N) is 2. The highest BCUT2D eigenvalue weighted by Gasteiger charge is 2.24. The zero-order chi connectivity index (χ0) is 26.0. The predicted molar refractivity (Wildman–Crippen MR) is 126 cm³/mol. The monoisotopic (exact) mass is 490 g/mol. The van der Waals surface area contributed by atoms with Crippen LogP contribution < -0.4 is 18.9 Å². The summed E-state index contributed by atoms with van der Waals surface area (Å²) < 4.78 is 21.4. The number of carboxylic acids is 2. The molecular weight excluding hydrogens is 460 g/mol. The Morgan fingerprint density at radius 3 is 1.83 bits per heavy atom. The van der Waals surface area contributed by atoms with Crippen molar-refractivity contribution in [2.24, 2.45) is 0 Å². The lowest BCUT2D eigenvalue weighted by Crippen LogP contribution is -2.48. The van der Waals surface area contributed by atoms with E-state index >= 15 is 0 Å². The van der Waals surface area contributed by atoms with E-state index < -0.39 is 11.9 Å². The molecule has 2 aromatic carbocycles. The molecule has 0 aromatic heterocycles. The molecule has 2 aromatic rings. The summed E-state index contributed by atoms with van der Waals surface area (Å²) in [5.74, 6) is -0.824. The van der Waals surface area contributed by atoms with E-state index in [2.05, 4.69) is 4.90 Å². The summed E-state index contributed by atoms with van der Waals surface area (Å²) >= 11 is 0. The van der Waals surface area contributed by atoms with E-state index in [-0.39, 0.29) is 5.91 Å². The topological polar surface area (TPSA) is 135 Å². The molecule has 1 fully saturated rings. The number of piperazine rings is 1. The summed E-state index contributed by atoms with van der Waals surface area (Å²) in [5, 5.41) is 14.8. The van der Waals surface area contributed by atoms with Gasteiger partial charge in [-0.3, -0.25) is 9.69 Å². The van der Waals surface area contributed by atoms with E-state index in [1.54, 1.807) is 46.6 Å². The third kappa shape index (κ3) is 7.51. The second-order valence-electron chi connectivity index (χ2n) is 7.43. The quantitative estimate of drug-likeness (QED) is 0.554. The van der Waals surface area contributed by atoms with Gasteiger partial charge in [-0.05, 0) is 36.4 Å². The van der Waals surface area contributed by atoms with Crippen molar-refractivity contribution in [2.45, 2.75) is 6.54 Å². The number of aliphatic carboxylic acids is 2.